The summed E-state index contributed by atoms with van der Waals surface area (Å²) in [5.41, 5.74) is 4.15. The molecule has 1 aliphatic rings. The first-order valence-corrected chi connectivity index (χ1v) is 5.96. The molecule has 0 atom stereocenters. The Morgan fingerprint density at radius 3 is 2.24 bits per heavy atom. The van der Waals surface area contributed by atoms with E-state index in [0.717, 1.165) is 22.5 Å². The highest BCUT2D eigenvalue weighted by molar-refractivity contribution is 6.13. The van der Waals surface area contributed by atoms with E-state index in [1.165, 1.54) is 5.01 Å². The maximum atomic E-state index is 11.9. The van der Waals surface area contributed by atoms with Crippen LogP contribution in [0.1, 0.15) is 31.4 Å². The molecule has 1 aromatic rings. The summed E-state index contributed by atoms with van der Waals surface area (Å²) in [7, 11) is 0. The van der Waals surface area contributed by atoms with E-state index in [1.54, 1.807) is 0 Å². The second-order valence-corrected chi connectivity index (χ2v) is 4.97. The lowest BCUT2D eigenvalue weighted by molar-refractivity contribution is -0.116. The predicted octanol–water partition coefficient (Wildman–Crippen LogP) is 3.05. The molecule has 0 aromatic heterocycles. The van der Waals surface area contributed by atoms with Gasteiger partial charge in [0.15, 0.2) is 0 Å². The van der Waals surface area contributed by atoms with Crippen molar-refractivity contribution in [2.24, 2.45) is 11.0 Å². The third kappa shape index (κ3) is 2.38. The van der Waals surface area contributed by atoms with E-state index in [9.17, 15) is 4.79 Å². The van der Waals surface area contributed by atoms with E-state index in [-0.39, 0.29) is 5.91 Å². The topological polar surface area (TPSA) is 32.7 Å². The molecule has 0 saturated heterocycles. The minimum absolute atomic E-state index is 0.0682. The highest BCUT2D eigenvalue weighted by Crippen LogP contribution is 2.24. The van der Waals surface area contributed by atoms with Crippen molar-refractivity contribution < 1.29 is 4.79 Å². The summed E-state index contributed by atoms with van der Waals surface area (Å²) in [4.78, 5) is 11.9. The summed E-state index contributed by atoms with van der Waals surface area (Å²) >= 11 is 0. The van der Waals surface area contributed by atoms with E-state index in [2.05, 4.69) is 25.0 Å². The van der Waals surface area contributed by atoms with Crippen LogP contribution in [0.25, 0.3) is 0 Å². The van der Waals surface area contributed by atoms with Crippen LogP contribution < -0.4 is 5.01 Å². The fourth-order valence-electron chi connectivity index (χ4n) is 2.04. The lowest BCUT2D eigenvalue weighted by atomic mass is 10.1. The Kier molecular flexibility index (Phi) is 3.01. The van der Waals surface area contributed by atoms with Crippen molar-refractivity contribution in [1.82, 2.24) is 0 Å². The SMILES string of the molecule is Cc1cc(C)cc(N2N=C(C(C)C)CC2=O)c1. The van der Waals surface area contributed by atoms with Gasteiger partial charge in [-0.1, -0.05) is 19.9 Å². The van der Waals surface area contributed by atoms with Gasteiger partial charge in [-0.3, -0.25) is 4.79 Å². The average molecular weight is 230 g/mol. The normalized spacial score (nSPS) is 15.7. The molecule has 3 heteroatoms. The van der Waals surface area contributed by atoms with Gasteiger partial charge in [-0.2, -0.15) is 5.10 Å². The van der Waals surface area contributed by atoms with Crippen molar-refractivity contribution in [2.45, 2.75) is 34.1 Å². The Morgan fingerprint density at radius 2 is 1.76 bits per heavy atom. The lowest BCUT2D eigenvalue weighted by Gasteiger charge is -2.13. The zero-order valence-corrected chi connectivity index (χ0v) is 10.8. The van der Waals surface area contributed by atoms with E-state index >= 15 is 0 Å². The number of carbonyl (C=O) groups is 1. The summed E-state index contributed by atoms with van der Waals surface area (Å²) in [6, 6.07) is 6.09. The smallest absolute Gasteiger partial charge is 0.253 e. The minimum atomic E-state index is 0.0682. The van der Waals surface area contributed by atoms with Gasteiger partial charge in [0, 0.05) is 0 Å². The van der Waals surface area contributed by atoms with Gasteiger partial charge < -0.3 is 0 Å². The summed E-state index contributed by atoms with van der Waals surface area (Å²) in [5.74, 6) is 0.397. The molecule has 3 nitrogen and oxygen atoms in total. The van der Waals surface area contributed by atoms with Crippen LogP contribution in [0, 0.1) is 19.8 Å². The van der Waals surface area contributed by atoms with Crippen molar-refractivity contribution in [3.63, 3.8) is 0 Å². The highest BCUT2D eigenvalue weighted by Gasteiger charge is 2.26. The lowest BCUT2D eigenvalue weighted by Crippen LogP contribution is -2.19. The number of anilines is 1. The molecule has 0 N–H and O–H groups in total. The molecule has 17 heavy (non-hydrogen) atoms. The Bertz CT molecular complexity index is 469. The van der Waals surface area contributed by atoms with E-state index in [4.69, 9.17) is 0 Å². The monoisotopic (exact) mass is 230 g/mol. The molecular weight excluding hydrogens is 212 g/mol. The number of hydrogen-bond acceptors (Lipinski definition) is 2. The fourth-order valence-corrected chi connectivity index (χ4v) is 2.04. The van der Waals surface area contributed by atoms with Gasteiger partial charge in [0.25, 0.3) is 5.91 Å². The number of rotatable bonds is 2. The van der Waals surface area contributed by atoms with Crippen LogP contribution >= 0.6 is 0 Å². The molecule has 1 amide bonds. The molecule has 0 fully saturated rings. The van der Waals surface area contributed by atoms with Crippen molar-refractivity contribution in [1.29, 1.82) is 0 Å². The summed E-state index contributed by atoms with van der Waals surface area (Å²) in [5, 5.41) is 5.96. The minimum Gasteiger partial charge on any atom is -0.272 e. The highest BCUT2D eigenvalue weighted by atomic mass is 16.2. The van der Waals surface area contributed by atoms with Crippen LogP contribution in [-0.2, 0) is 4.79 Å². The molecule has 0 radical (unpaired) electrons. The molecule has 0 saturated carbocycles. The van der Waals surface area contributed by atoms with Gasteiger partial charge in [-0.25, -0.2) is 5.01 Å². The van der Waals surface area contributed by atoms with Crippen LogP contribution in [0.2, 0.25) is 0 Å². The zero-order valence-electron chi connectivity index (χ0n) is 10.8. The maximum absolute atomic E-state index is 11.9. The van der Waals surface area contributed by atoms with Crippen molar-refractivity contribution in [2.75, 3.05) is 5.01 Å². The molecule has 1 aliphatic heterocycles. The standard InChI is InChI=1S/C14H18N2O/c1-9(2)13-8-14(17)16(15-13)12-6-10(3)5-11(4)7-12/h5-7,9H,8H2,1-4H3. The fraction of sp³-hybridized carbons (Fsp3) is 0.429. The Morgan fingerprint density at radius 1 is 1.18 bits per heavy atom. The van der Waals surface area contributed by atoms with Gasteiger partial charge in [-0.15, -0.1) is 0 Å². The van der Waals surface area contributed by atoms with Crippen LogP contribution in [0.3, 0.4) is 0 Å². The second-order valence-electron chi connectivity index (χ2n) is 4.97. The number of hydrazone groups is 1. The molecule has 0 bridgehead atoms. The van der Waals surface area contributed by atoms with Gasteiger partial charge in [-0.05, 0) is 43.0 Å². The van der Waals surface area contributed by atoms with Gasteiger partial charge in [0.05, 0.1) is 17.8 Å². The van der Waals surface area contributed by atoms with Crippen molar-refractivity contribution >= 4 is 17.3 Å². The van der Waals surface area contributed by atoms with E-state index < -0.39 is 0 Å². The zero-order chi connectivity index (χ0) is 12.6. The largest absolute Gasteiger partial charge is 0.272 e. The molecule has 1 heterocycles. The van der Waals surface area contributed by atoms with Crippen molar-refractivity contribution in [3.05, 3.63) is 29.3 Å². The quantitative estimate of drug-likeness (QED) is 0.768. The van der Waals surface area contributed by atoms with E-state index in [1.807, 2.05) is 26.0 Å². The molecule has 2 rings (SSSR count). The van der Waals surface area contributed by atoms with Crippen LogP contribution in [0.15, 0.2) is 23.3 Å². The van der Waals surface area contributed by atoms with Crippen molar-refractivity contribution in [3.8, 4) is 0 Å². The number of carbonyl (C=O) groups excluding carboxylic acids is 1. The number of benzene rings is 1. The number of hydrogen-bond donors (Lipinski definition) is 0. The van der Waals surface area contributed by atoms with Gasteiger partial charge in [0.2, 0.25) is 0 Å². The third-order valence-corrected chi connectivity index (χ3v) is 2.91. The molecule has 1 aromatic carbocycles. The van der Waals surface area contributed by atoms with Gasteiger partial charge in [0.1, 0.15) is 0 Å². The molecular formula is C14H18N2O. The Hall–Kier alpha value is -1.64. The van der Waals surface area contributed by atoms with Crippen LogP contribution in [0.4, 0.5) is 5.69 Å². The van der Waals surface area contributed by atoms with Crippen LogP contribution in [-0.4, -0.2) is 11.6 Å². The molecule has 0 aliphatic carbocycles. The van der Waals surface area contributed by atoms with Crippen LogP contribution in [0.5, 0.6) is 0 Å². The first-order valence-electron chi connectivity index (χ1n) is 5.96. The molecule has 90 valence electrons. The third-order valence-electron chi connectivity index (χ3n) is 2.91. The van der Waals surface area contributed by atoms with E-state index in [0.29, 0.717) is 12.3 Å². The first kappa shape index (κ1) is 11.8. The first-order chi connectivity index (χ1) is 7.97. The number of amides is 1. The number of nitrogens with zero attached hydrogens (tertiary/aromatic N) is 2. The second kappa shape index (κ2) is 4.32. The Balaban J connectivity index is 2.37. The maximum Gasteiger partial charge on any atom is 0.253 e. The summed E-state index contributed by atoms with van der Waals surface area (Å²) in [6.07, 6.45) is 0.449. The summed E-state index contributed by atoms with van der Waals surface area (Å²) in [6.45, 7) is 8.20. The molecule has 0 spiro atoms. The molecule has 0 unspecified atom stereocenters. The predicted molar refractivity (Wildman–Crippen MR) is 70.3 cm³/mol. The van der Waals surface area contributed by atoms with Gasteiger partial charge >= 0.3 is 0 Å². The summed E-state index contributed by atoms with van der Waals surface area (Å²) < 4.78 is 0. The number of aryl methyl sites for hydroxylation is 2. The Labute approximate surface area is 102 Å². The average Bonchev–Trinajstić information content (AvgIpc) is 2.59.